The molecule has 2 heterocycles. The maximum atomic E-state index is 10.2. The Morgan fingerprint density at radius 1 is 1.47 bits per heavy atom. The van der Waals surface area contributed by atoms with E-state index < -0.39 is 0 Å². The van der Waals surface area contributed by atoms with Crippen molar-refractivity contribution in [1.82, 2.24) is 4.98 Å². The summed E-state index contributed by atoms with van der Waals surface area (Å²) in [5.41, 5.74) is 3.89. The summed E-state index contributed by atoms with van der Waals surface area (Å²) >= 11 is 0. The number of hydrogen-bond acceptors (Lipinski definition) is 3. The average molecular weight is 232 g/mol. The molecular formula is C14H20N2O. The van der Waals surface area contributed by atoms with Gasteiger partial charge in [0.15, 0.2) is 0 Å². The Bertz CT molecular complexity index is 401. The second kappa shape index (κ2) is 5.80. The predicted molar refractivity (Wildman–Crippen MR) is 69.4 cm³/mol. The molecule has 1 aromatic heterocycles. The van der Waals surface area contributed by atoms with E-state index in [4.69, 9.17) is 0 Å². The molecule has 17 heavy (non-hydrogen) atoms. The smallest absolute Gasteiger partial charge is 0.129 e. The number of carbonyl (C=O) groups is 1. The van der Waals surface area contributed by atoms with Crippen LogP contribution in [0.1, 0.15) is 42.5 Å². The molecule has 0 aliphatic carbocycles. The van der Waals surface area contributed by atoms with Gasteiger partial charge in [-0.3, -0.25) is 0 Å². The van der Waals surface area contributed by atoms with Gasteiger partial charge in [-0.1, -0.05) is 0 Å². The largest absolute Gasteiger partial charge is 0.370 e. The predicted octanol–water partition coefficient (Wildman–Crippen LogP) is 2.66. The molecule has 0 aromatic carbocycles. The van der Waals surface area contributed by atoms with E-state index in [2.05, 4.69) is 23.3 Å². The van der Waals surface area contributed by atoms with E-state index in [9.17, 15) is 4.79 Å². The molecule has 3 heteroatoms. The van der Waals surface area contributed by atoms with Gasteiger partial charge < -0.3 is 10.1 Å². The van der Waals surface area contributed by atoms with Crippen molar-refractivity contribution in [2.24, 2.45) is 0 Å². The quantitative estimate of drug-likeness (QED) is 0.627. The molecule has 3 nitrogen and oxygen atoms in total. The van der Waals surface area contributed by atoms with Crippen molar-refractivity contribution in [3.05, 3.63) is 22.9 Å². The summed E-state index contributed by atoms with van der Waals surface area (Å²) in [5, 5.41) is 3.38. The Morgan fingerprint density at radius 3 is 3.18 bits per heavy atom. The average Bonchev–Trinajstić information content (AvgIpc) is 2.35. The summed E-state index contributed by atoms with van der Waals surface area (Å²) in [7, 11) is 0. The highest BCUT2D eigenvalue weighted by molar-refractivity contribution is 5.51. The molecule has 1 aliphatic heterocycles. The normalized spacial score (nSPS) is 13.9. The van der Waals surface area contributed by atoms with E-state index in [0.29, 0.717) is 6.42 Å². The standard InChI is InChI=1S/C14H20N2O/c1-11-10-12(6-3-2-4-9-17)16-14-13(11)7-5-8-15-14/h9-10H,2-8H2,1H3,(H,15,16). The highest BCUT2D eigenvalue weighted by Crippen LogP contribution is 2.24. The summed E-state index contributed by atoms with van der Waals surface area (Å²) in [5.74, 6) is 1.08. The number of anilines is 1. The number of nitrogens with zero attached hydrogens (tertiary/aromatic N) is 1. The first kappa shape index (κ1) is 12.1. The number of aromatic nitrogens is 1. The number of nitrogens with one attached hydrogen (secondary N) is 1. The van der Waals surface area contributed by atoms with Crippen molar-refractivity contribution in [1.29, 1.82) is 0 Å². The van der Waals surface area contributed by atoms with Gasteiger partial charge in [0.25, 0.3) is 0 Å². The van der Waals surface area contributed by atoms with E-state index in [1.807, 2.05) is 0 Å². The number of rotatable bonds is 5. The SMILES string of the molecule is Cc1cc(CCCCC=O)nc2c1CCCN2. The van der Waals surface area contributed by atoms with Crippen LogP contribution in [0.3, 0.4) is 0 Å². The maximum absolute atomic E-state index is 10.2. The van der Waals surface area contributed by atoms with Gasteiger partial charge in [0.1, 0.15) is 12.1 Å². The molecule has 0 bridgehead atoms. The van der Waals surface area contributed by atoms with Gasteiger partial charge >= 0.3 is 0 Å². The van der Waals surface area contributed by atoms with Crippen molar-refractivity contribution in [2.45, 2.75) is 45.4 Å². The van der Waals surface area contributed by atoms with Gasteiger partial charge in [0.2, 0.25) is 0 Å². The first-order valence-corrected chi connectivity index (χ1v) is 6.48. The van der Waals surface area contributed by atoms with Crippen LogP contribution in [0.5, 0.6) is 0 Å². The molecule has 0 atom stereocenters. The molecule has 1 N–H and O–H groups in total. The molecule has 0 saturated heterocycles. The molecule has 0 amide bonds. The van der Waals surface area contributed by atoms with Crippen molar-refractivity contribution >= 4 is 12.1 Å². The molecule has 0 fully saturated rings. The fourth-order valence-corrected chi connectivity index (χ4v) is 2.36. The monoisotopic (exact) mass is 232 g/mol. The fraction of sp³-hybridized carbons (Fsp3) is 0.571. The molecule has 1 aromatic rings. The van der Waals surface area contributed by atoms with Crippen LogP contribution in [0, 0.1) is 6.92 Å². The van der Waals surface area contributed by atoms with Gasteiger partial charge in [0, 0.05) is 18.7 Å². The molecule has 92 valence electrons. The highest BCUT2D eigenvalue weighted by atomic mass is 16.1. The lowest BCUT2D eigenvalue weighted by molar-refractivity contribution is -0.107. The number of carbonyl (C=O) groups excluding carboxylic acids is 1. The van der Waals surface area contributed by atoms with Gasteiger partial charge in [-0.15, -0.1) is 0 Å². The Morgan fingerprint density at radius 2 is 2.35 bits per heavy atom. The van der Waals surface area contributed by atoms with E-state index in [0.717, 1.165) is 50.0 Å². The second-order valence-electron chi connectivity index (χ2n) is 4.70. The number of hydrogen-bond donors (Lipinski definition) is 1. The van der Waals surface area contributed by atoms with Crippen LogP contribution in [0.25, 0.3) is 0 Å². The summed E-state index contributed by atoms with van der Waals surface area (Å²) in [6, 6.07) is 2.20. The topological polar surface area (TPSA) is 42.0 Å². The number of aldehydes is 1. The third-order valence-electron chi connectivity index (χ3n) is 3.30. The van der Waals surface area contributed by atoms with Crippen LogP contribution in [0.4, 0.5) is 5.82 Å². The van der Waals surface area contributed by atoms with Crippen LogP contribution in [-0.4, -0.2) is 17.8 Å². The van der Waals surface area contributed by atoms with E-state index >= 15 is 0 Å². The van der Waals surface area contributed by atoms with Crippen LogP contribution < -0.4 is 5.32 Å². The first-order chi connectivity index (χ1) is 8.31. The van der Waals surface area contributed by atoms with E-state index in [-0.39, 0.29) is 0 Å². The molecule has 1 aliphatic rings. The summed E-state index contributed by atoms with van der Waals surface area (Å²) in [6.07, 6.45) is 7.00. The summed E-state index contributed by atoms with van der Waals surface area (Å²) < 4.78 is 0. The van der Waals surface area contributed by atoms with E-state index in [1.165, 1.54) is 17.5 Å². The lowest BCUT2D eigenvalue weighted by Gasteiger charge is -2.20. The Balaban J connectivity index is 2.03. The molecule has 2 rings (SSSR count). The molecule has 0 saturated carbocycles. The van der Waals surface area contributed by atoms with Crippen LogP contribution in [-0.2, 0) is 17.6 Å². The molecule has 0 radical (unpaired) electrons. The zero-order valence-corrected chi connectivity index (χ0v) is 10.5. The zero-order chi connectivity index (χ0) is 12.1. The van der Waals surface area contributed by atoms with E-state index in [1.54, 1.807) is 0 Å². The van der Waals surface area contributed by atoms with Gasteiger partial charge in [0.05, 0.1) is 0 Å². The molecular weight excluding hydrogens is 212 g/mol. The third kappa shape index (κ3) is 3.05. The number of aryl methyl sites for hydroxylation is 2. The Kier molecular flexibility index (Phi) is 4.13. The summed E-state index contributed by atoms with van der Waals surface area (Å²) in [4.78, 5) is 14.9. The lowest BCUT2D eigenvalue weighted by atomic mass is 10.00. The second-order valence-corrected chi connectivity index (χ2v) is 4.70. The minimum Gasteiger partial charge on any atom is -0.370 e. The van der Waals surface area contributed by atoms with Gasteiger partial charge in [-0.25, -0.2) is 4.98 Å². The Labute approximate surface area is 103 Å². The first-order valence-electron chi connectivity index (χ1n) is 6.48. The highest BCUT2D eigenvalue weighted by Gasteiger charge is 2.13. The number of unbranched alkanes of at least 4 members (excludes halogenated alkanes) is 2. The lowest BCUT2D eigenvalue weighted by Crippen LogP contribution is -2.15. The molecule has 0 spiro atoms. The zero-order valence-electron chi connectivity index (χ0n) is 10.5. The van der Waals surface area contributed by atoms with Crippen molar-refractivity contribution in [3.8, 4) is 0 Å². The minimum absolute atomic E-state index is 0.669. The number of pyridine rings is 1. The summed E-state index contributed by atoms with van der Waals surface area (Å²) in [6.45, 7) is 3.20. The fourth-order valence-electron chi connectivity index (χ4n) is 2.36. The van der Waals surface area contributed by atoms with Gasteiger partial charge in [-0.2, -0.15) is 0 Å². The van der Waals surface area contributed by atoms with Crippen LogP contribution in [0.2, 0.25) is 0 Å². The van der Waals surface area contributed by atoms with Crippen molar-refractivity contribution in [2.75, 3.05) is 11.9 Å². The minimum atomic E-state index is 0.669. The van der Waals surface area contributed by atoms with Crippen LogP contribution in [0.15, 0.2) is 6.07 Å². The third-order valence-corrected chi connectivity index (χ3v) is 3.30. The van der Waals surface area contributed by atoms with Gasteiger partial charge in [-0.05, 0) is 56.2 Å². The van der Waals surface area contributed by atoms with Crippen LogP contribution >= 0.6 is 0 Å². The molecule has 0 unspecified atom stereocenters. The maximum Gasteiger partial charge on any atom is 0.129 e. The van der Waals surface area contributed by atoms with Crippen molar-refractivity contribution in [3.63, 3.8) is 0 Å². The number of fused-ring (bicyclic) bond motifs is 1. The van der Waals surface area contributed by atoms with Crippen molar-refractivity contribution < 1.29 is 4.79 Å². The Hall–Kier alpha value is -1.38.